The highest BCUT2D eigenvalue weighted by atomic mass is 16.3. The van der Waals surface area contributed by atoms with E-state index in [0.717, 1.165) is 43.6 Å². The third-order valence-electron chi connectivity index (χ3n) is 3.71. The molecule has 1 heterocycles. The number of nitrogens with zero attached hydrogens (tertiary/aromatic N) is 2. The monoisotopic (exact) mass is 265 g/mol. The molecule has 2 unspecified atom stereocenters. The maximum Gasteiger partial charge on any atom is 0.148 e. The van der Waals surface area contributed by atoms with Gasteiger partial charge in [0.25, 0.3) is 0 Å². The van der Waals surface area contributed by atoms with Gasteiger partial charge in [-0.2, -0.15) is 0 Å². The second kappa shape index (κ2) is 6.16. The minimum Gasteiger partial charge on any atom is -0.393 e. The summed E-state index contributed by atoms with van der Waals surface area (Å²) < 4.78 is 0. The molecule has 5 N–H and O–H groups in total. The molecular formula is C13H23N5O. The van der Waals surface area contributed by atoms with Crippen molar-refractivity contribution in [3.05, 3.63) is 11.4 Å². The van der Waals surface area contributed by atoms with Gasteiger partial charge in [0.1, 0.15) is 17.5 Å². The number of hydrogen-bond donors (Lipinski definition) is 4. The fraction of sp³-hybridized carbons (Fsp3) is 0.692. The molecule has 1 aliphatic carbocycles. The molecule has 0 saturated heterocycles. The minimum absolute atomic E-state index is 0.143. The van der Waals surface area contributed by atoms with E-state index in [1.165, 1.54) is 0 Å². The van der Waals surface area contributed by atoms with Gasteiger partial charge in [-0.25, -0.2) is 15.8 Å². The van der Waals surface area contributed by atoms with Gasteiger partial charge in [0, 0.05) is 12.1 Å². The Morgan fingerprint density at radius 2 is 2.00 bits per heavy atom. The molecule has 1 aromatic heterocycles. The fourth-order valence-corrected chi connectivity index (χ4v) is 2.63. The first kappa shape index (κ1) is 14.0. The number of hydrazine groups is 1. The average molecular weight is 265 g/mol. The topological polar surface area (TPSA) is 96.1 Å². The summed E-state index contributed by atoms with van der Waals surface area (Å²) in [6, 6.07) is 0. The van der Waals surface area contributed by atoms with Crippen LogP contribution in [0.4, 0.5) is 11.6 Å². The van der Waals surface area contributed by atoms with Gasteiger partial charge < -0.3 is 15.8 Å². The van der Waals surface area contributed by atoms with Gasteiger partial charge in [0.15, 0.2) is 0 Å². The number of anilines is 2. The Bertz CT molecular complexity index is 437. The van der Waals surface area contributed by atoms with Crippen molar-refractivity contribution in [2.24, 2.45) is 11.8 Å². The van der Waals surface area contributed by atoms with E-state index in [4.69, 9.17) is 5.84 Å². The first-order valence-corrected chi connectivity index (χ1v) is 6.84. The van der Waals surface area contributed by atoms with Crippen molar-refractivity contribution >= 4 is 11.6 Å². The number of aryl methyl sites for hydroxylation is 1. The van der Waals surface area contributed by atoms with E-state index in [2.05, 4.69) is 20.7 Å². The Labute approximate surface area is 113 Å². The van der Waals surface area contributed by atoms with E-state index in [-0.39, 0.29) is 6.10 Å². The molecule has 0 amide bonds. The third kappa shape index (κ3) is 3.54. The maximum absolute atomic E-state index is 9.68. The normalized spacial score (nSPS) is 23.2. The van der Waals surface area contributed by atoms with Crippen LogP contribution in [0.5, 0.6) is 0 Å². The molecule has 19 heavy (non-hydrogen) atoms. The Kier molecular flexibility index (Phi) is 4.55. The summed E-state index contributed by atoms with van der Waals surface area (Å²) in [6.07, 6.45) is 3.93. The average Bonchev–Trinajstić information content (AvgIpc) is 2.39. The number of nitrogens with two attached hydrogens (primary N) is 1. The van der Waals surface area contributed by atoms with Crippen molar-refractivity contribution < 1.29 is 5.11 Å². The minimum atomic E-state index is -0.143. The largest absolute Gasteiger partial charge is 0.393 e. The number of hydrogen-bond acceptors (Lipinski definition) is 6. The van der Waals surface area contributed by atoms with Crippen molar-refractivity contribution in [2.75, 3.05) is 17.3 Å². The molecule has 2 atom stereocenters. The number of rotatable bonds is 4. The van der Waals surface area contributed by atoms with E-state index in [1.807, 2.05) is 13.8 Å². The number of aliphatic hydroxyl groups excluding tert-OH is 1. The molecule has 1 saturated carbocycles. The van der Waals surface area contributed by atoms with E-state index >= 15 is 0 Å². The smallest absolute Gasteiger partial charge is 0.148 e. The van der Waals surface area contributed by atoms with Gasteiger partial charge in [0.2, 0.25) is 0 Å². The summed E-state index contributed by atoms with van der Waals surface area (Å²) in [5.41, 5.74) is 3.51. The van der Waals surface area contributed by atoms with Crippen LogP contribution in [0, 0.1) is 19.8 Å². The zero-order valence-electron chi connectivity index (χ0n) is 11.6. The molecule has 2 rings (SSSR count). The summed E-state index contributed by atoms with van der Waals surface area (Å²) in [6.45, 7) is 4.61. The predicted octanol–water partition coefficient (Wildman–Crippen LogP) is 1.34. The lowest BCUT2D eigenvalue weighted by Gasteiger charge is -2.26. The number of aliphatic hydroxyl groups is 1. The van der Waals surface area contributed by atoms with Crippen LogP contribution >= 0.6 is 0 Å². The Hall–Kier alpha value is -1.40. The van der Waals surface area contributed by atoms with Crippen LogP contribution in [0.15, 0.2) is 0 Å². The highest BCUT2D eigenvalue weighted by Crippen LogP contribution is 2.25. The zero-order valence-corrected chi connectivity index (χ0v) is 11.6. The molecule has 1 fully saturated rings. The van der Waals surface area contributed by atoms with Crippen LogP contribution in [0.25, 0.3) is 0 Å². The van der Waals surface area contributed by atoms with Gasteiger partial charge >= 0.3 is 0 Å². The van der Waals surface area contributed by atoms with E-state index in [9.17, 15) is 5.11 Å². The molecule has 0 aromatic carbocycles. The van der Waals surface area contributed by atoms with E-state index in [0.29, 0.717) is 17.6 Å². The lowest BCUT2D eigenvalue weighted by atomic mass is 9.87. The Morgan fingerprint density at radius 1 is 1.26 bits per heavy atom. The Balaban J connectivity index is 2.01. The number of aromatic nitrogens is 2. The lowest BCUT2D eigenvalue weighted by molar-refractivity contribution is 0.104. The Morgan fingerprint density at radius 3 is 2.68 bits per heavy atom. The first-order valence-electron chi connectivity index (χ1n) is 6.84. The van der Waals surface area contributed by atoms with Crippen molar-refractivity contribution in [3.63, 3.8) is 0 Å². The molecule has 0 radical (unpaired) electrons. The molecule has 1 aromatic rings. The highest BCUT2D eigenvalue weighted by Gasteiger charge is 2.20. The highest BCUT2D eigenvalue weighted by molar-refractivity contribution is 5.56. The van der Waals surface area contributed by atoms with Crippen LogP contribution in [-0.4, -0.2) is 27.7 Å². The van der Waals surface area contributed by atoms with Gasteiger partial charge in [-0.15, -0.1) is 0 Å². The van der Waals surface area contributed by atoms with Crippen LogP contribution in [0.1, 0.15) is 37.1 Å². The quantitative estimate of drug-likeness (QED) is 0.485. The van der Waals surface area contributed by atoms with Crippen LogP contribution in [0.2, 0.25) is 0 Å². The van der Waals surface area contributed by atoms with Gasteiger partial charge in [0.05, 0.1) is 6.10 Å². The maximum atomic E-state index is 9.68. The zero-order chi connectivity index (χ0) is 13.8. The first-order chi connectivity index (χ1) is 9.10. The lowest BCUT2D eigenvalue weighted by Crippen LogP contribution is -2.25. The van der Waals surface area contributed by atoms with Crippen molar-refractivity contribution in [2.45, 2.75) is 45.6 Å². The van der Waals surface area contributed by atoms with Crippen LogP contribution in [-0.2, 0) is 0 Å². The van der Waals surface area contributed by atoms with Crippen molar-refractivity contribution in [3.8, 4) is 0 Å². The molecule has 106 valence electrons. The fourth-order valence-electron chi connectivity index (χ4n) is 2.63. The van der Waals surface area contributed by atoms with Crippen LogP contribution in [0.3, 0.4) is 0 Å². The van der Waals surface area contributed by atoms with E-state index in [1.54, 1.807) is 0 Å². The molecule has 6 heteroatoms. The molecular weight excluding hydrogens is 242 g/mol. The third-order valence-corrected chi connectivity index (χ3v) is 3.71. The summed E-state index contributed by atoms with van der Waals surface area (Å²) >= 11 is 0. The molecule has 0 bridgehead atoms. The summed E-state index contributed by atoms with van der Waals surface area (Å²) in [5.74, 6) is 8.11. The van der Waals surface area contributed by atoms with Gasteiger partial charge in [-0.1, -0.05) is 6.42 Å². The van der Waals surface area contributed by atoms with Crippen molar-refractivity contribution in [1.29, 1.82) is 0 Å². The SMILES string of the molecule is Cc1nc(NN)c(C)c(NCC2CCCC(O)C2)n1. The second-order valence-corrected chi connectivity index (χ2v) is 5.30. The standard InChI is InChI=1S/C13H23N5O/c1-8-12(16-9(2)17-13(8)18-14)15-7-10-4-3-5-11(19)6-10/h10-11,19H,3-7,14H2,1-2H3,(H2,15,16,17,18). The summed E-state index contributed by atoms with van der Waals surface area (Å²) in [4.78, 5) is 8.64. The van der Waals surface area contributed by atoms with Gasteiger partial charge in [-0.05, 0) is 39.0 Å². The van der Waals surface area contributed by atoms with Gasteiger partial charge in [-0.3, -0.25) is 0 Å². The molecule has 0 spiro atoms. The molecule has 6 nitrogen and oxygen atoms in total. The number of nitrogen functional groups attached to an aromatic ring is 1. The van der Waals surface area contributed by atoms with Crippen molar-refractivity contribution in [1.82, 2.24) is 9.97 Å². The number of nitrogens with one attached hydrogen (secondary N) is 2. The predicted molar refractivity (Wildman–Crippen MR) is 75.8 cm³/mol. The summed E-state index contributed by atoms with van der Waals surface area (Å²) in [7, 11) is 0. The molecule has 0 aliphatic heterocycles. The summed E-state index contributed by atoms with van der Waals surface area (Å²) in [5, 5.41) is 13.0. The molecule has 1 aliphatic rings. The van der Waals surface area contributed by atoms with E-state index < -0.39 is 0 Å². The van der Waals surface area contributed by atoms with Crippen LogP contribution < -0.4 is 16.6 Å². The second-order valence-electron chi connectivity index (χ2n) is 5.30.